The lowest BCUT2D eigenvalue weighted by Gasteiger charge is -2.21. The monoisotopic (exact) mass is 275 g/mol. The molecule has 0 bridgehead atoms. The fraction of sp³-hybridized carbons (Fsp3) is 0.267. The fourth-order valence-corrected chi connectivity index (χ4v) is 2.13. The lowest BCUT2D eigenvalue weighted by Crippen LogP contribution is -2.23. The topological polar surface area (TPSA) is 42.2 Å². The van der Waals surface area contributed by atoms with E-state index in [0.717, 1.165) is 36.6 Å². The summed E-state index contributed by atoms with van der Waals surface area (Å²) >= 11 is 5.91. The molecule has 0 unspecified atom stereocenters. The molecule has 0 aliphatic rings. The van der Waals surface area contributed by atoms with Gasteiger partial charge in [-0.1, -0.05) is 30.7 Å². The Labute approximate surface area is 119 Å². The minimum absolute atomic E-state index is 0.675. The van der Waals surface area contributed by atoms with E-state index in [-0.39, 0.29) is 0 Å². The van der Waals surface area contributed by atoms with E-state index in [2.05, 4.69) is 16.8 Å². The summed E-state index contributed by atoms with van der Waals surface area (Å²) < 4.78 is 0. The molecule has 3 nitrogen and oxygen atoms in total. The van der Waals surface area contributed by atoms with Gasteiger partial charge in [0.15, 0.2) is 0 Å². The molecule has 0 fully saturated rings. The number of rotatable bonds is 5. The molecule has 1 aromatic heterocycles. The highest BCUT2D eigenvalue weighted by Crippen LogP contribution is 2.20. The highest BCUT2D eigenvalue weighted by molar-refractivity contribution is 6.30. The van der Waals surface area contributed by atoms with Crippen LogP contribution in [0.5, 0.6) is 0 Å². The van der Waals surface area contributed by atoms with Crippen LogP contribution in [0.4, 0.5) is 5.69 Å². The molecule has 1 heterocycles. The van der Waals surface area contributed by atoms with Gasteiger partial charge in [0.1, 0.15) is 0 Å². The second kappa shape index (κ2) is 6.55. The molecule has 2 rings (SSSR count). The van der Waals surface area contributed by atoms with Crippen molar-refractivity contribution in [3.8, 4) is 0 Å². The van der Waals surface area contributed by atoms with E-state index in [1.54, 1.807) is 6.07 Å². The van der Waals surface area contributed by atoms with Gasteiger partial charge < -0.3 is 5.73 Å². The van der Waals surface area contributed by atoms with Crippen molar-refractivity contribution in [3.63, 3.8) is 0 Å². The smallest absolute Gasteiger partial charge is 0.0544 e. The molecule has 0 aliphatic heterocycles. The van der Waals surface area contributed by atoms with E-state index in [1.165, 1.54) is 0 Å². The lowest BCUT2D eigenvalue weighted by molar-refractivity contribution is 0.268. The summed E-state index contributed by atoms with van der Waals surface area (Å²) in [7, 11) is 0. The van der Waals surface area contributed by atoms with Crippen LogP contribution in [0.3, 0.4) is 0 Å². The summed E-state index contributed by atoms with van der Waals surface area (Å²) in [6, 6.07) is 11.6. The molecule has 0 atom stereocenters. The molecule has 0 aliphatic carbocycles. The Bertz CT molecular complexity index is 528. The SMILES string of the molecule is CCN(Cc1ccccn1)Cc1ccc(Cl)cc1N. The summed E-state index contributed by atoms with van der Waals surface area (Å²) in [5.41, 5.74) is 8.90. The maximum absolute atomic E-state index is 5.99. The number of hydrogen-bond acceptors (Lipinski definition) is 3. The van der Waals surface area contributed by atoms with Crippen molar-refractivity contribution in [2.75, 3.05) is 12.3 Å². The van der Waals surface area contributed by atoms with Gasteiger partial charge in [-0.25, -0.2) is 0 Å². The van der Waals surface area contributed by atoms with Crippen molar-refractivity contribution in [2.24, 2.45) is 0 Å². The van der Waals surface area contributed by atoms with E-state index in [9.17, 15) is 0 Å². The van der Waals surface area contributed by atoms with Gasteiger partial charge in [-0.3, -0.25) is 9.88 Å². The van der Waals surface area contributed by atoms with E-state index >= 15 is 0 Å². The summed E-state index contributed by atoms with van der Waals surface area (Å²) in [5.74, 6) is 0. The molecular weight excluding hydrogens is 258 g/mol. The first kappa shape index (κ1) is 13.8. The molecule has 2 aromatic rings. The third-order valence-corrected chi connectivity index (χ3v) is 3.30. The zero-order chi connectivity index (χ0) is 13.7. The highest BCUT2D eigenvalue weighted by atomic mass is 35.5. The Morgan fingerprint density at radius 1 is 1.21 bits per heavy atom. The fourth-order valence-electron chi connectivity index (χ4n) is 1.95. The van der Waals surface area contributed by atoms with Crippen LogP contribution in [0.15, 0.2) is 42.6 Å². The van der Waals surface area contributed by atoms with Gasteiger partial charge in [0, 0.05) is 30.0 Å². The Morgan fingerprint density at radius 2 is 2.05 bits per heavy atom. The van der Waals surface area contributed by atoms with Crippen LogP contribution in [-0.4, -0.2) is 16.4 Å². The van der Waals surface area contributed by atoms with E-state index in [4.69, 9.17) is 17.3 Å². The number of aromatic nitrogens is 1. The first-order chi connectivity index (χ1) is 9.19. The van der Waals surface area contributed by atoms with Crippen molar-refractivity contribution in [1.29, 1.82) is 0 Å². The van der Waals surface area contributed by atoms with Gasteiger partial charge in [0.25, 0.3) is 0 Å². The number of anilines is 1. The number of benzene rings is 1. The molecule has 0 spiro atoms. The Morgan fingerprint density at radius 3 is 2.68 bits per heavy atom. The molecule has 4 heteroatoms. The van der Waals surface area contributed by atoms with Crippen molar-refractivity contribution in [2.45, 2.75) is 20.0 Å². The van der Waals surface area contributed by atoms with Gasteiger partial charge in [-0.15, -0.1) is 0 Å². The lowest BCUT2D eigenvalue weighted by atomic mass is 10.1. The molecular formula is C15H18ClN3. The molecule has 0 radical (unpaired) electrons. The van der Waals surface area contributed by atoms with Crippen LogP contribution in [0.25, 0.3) is 0 Å². The second-order valence-corrected chi connectivity index (χ2v) is 4.90. The normalized spacial score (nSPS) is 10.9. The Hall–Kier alpha value is -1.58. The van der Waals surface area contributed by atoms with Crippen molar-refractivity contribution >= 4 is 17.3 Å². The molecule has 0 amide bonds. The van der Waals surface area contributed by atoms with Crippen molar-refractivity contribution in [3.05, 3.63) is 58.9 Å². The number of hydrogen-bond donors (Lipinski definition) is 1. The minimum Gasteiger partial charge on any atom is -0.398 e. The Kier molecular flexibility index (Phi) is 4.77. The predicted molar refractivity (Wildman–Crippen MR) is 79.9 cm³/mol. The summed E-state index contributed by atoms with van der Waals surface area (Å²) in [4.78, 5) is 6.64. The van der Waals surface area contributed by atoms with Gasteiger partial charge in [0.2, 0.25) is 0 Å². The quantitative estimate of drug-likeness (QED) is 0.851. The molecule has 0 saturated heterocycles. The summed E-state index contributed by atoms with van der Waals surface area (Å²) in [5, 5.41) is 0.675. The van der Waals surface area contributed by atoms with Crippen molar-refractivity contribution in [1.82, 2.24) is 9.88 Å². The summed E-state index contributed by atoms with van der Waals surface area (Å²) in [6.07, 6.45) is 1.82. The standard InChI is InChI=1S/C15H18ClN3/c1-2-19(11-14-5-3-4-8-18-14)10-12-6-7-13(16)9-15(12)17/h3-9H,2,10-11,17H2,1H3. The number of nitrogen functional groups attached to an aromatic ring is 1. The molecule has 19 heavy (non-hydrogen) atoms. The largest absolute Gasteiger partial charge is 0.398 e. The zero-order valence-corrected chi connectivity index (χ0v) is 11.8. The van der Waals surface area contributed by atoms with Crippen LogP contribution in [0, 0.1) is 0 Å². The van der Waals surface area contributed by atoms with Gasteiger partial charge >= 0.3 is 0 Å². The summed E-state index contributed by atoms with van der Waals surface area (Å²) in [6.45, 7) is 4.70. The molecule has 2 N–H and O–H groups in total. The minimum atomic E-state index is 0.675. The first-order valence-corrected chi connectivity index (χ1v) is 6.73. The Balaban J connectivity index is 2.06. The van der Waals surface area contributed by atoms with Crippen LogP contribution in [0.1, 0.15) is 18.2 Å². The number of halogens is 1. The molecule has 100 valence electrons. The highest BCUT2D eigenvalue weighted by Gasteiger charge is 2.08. The molecule has 0 saturated carbocycles. The van der Waals surface area contributed by atoms with Crippen molar-refractivity contribution < 1.29 is 0 Å². The number of pyridine rings is 1. The van der Waals surface area contributed by atoms with E-state index in [1.807, 2.05) is 36.5 Å². The van der Waals surface area contributed by atoms with E-state index < -0.39 is 0 Å². The van der Waals surface area contributed by atoms with Gasteiger partial charge in [-0.2, -0.15) is 0 Å². The van der Waals surface area contributed by atoms with Crippen LogP contribution >= 0.6 is 11.6 Å². The van der Waals surface area contributed by atoms with Crippen LogP contribution in [0.2, 0.25) is 5.02 Å². The maximum Gasteiger partial charge on any atom is 0.0544 e. The van der Waals surface area contributed by atoms with Crippen LogP contribution in [-0.2, 0) is 13.1 Å². The first-order valence-electron chi connectivity index (χ1n) is 6.35. The van der Waals surface area contributed by atoms with E-state index in [0.29, 0.717) is 5.02 Å². The molecule has 1 aromatic carbocycles. The third kappa shape index (κ3) is 3.94. The second-order valence-electron chi connectivity index (χ2n) is 4.47. The van der Waals surface area contributed by atoms with Gasteiger partial charge in [0.05, 0.1) is 5.69 Å². The average molecular weight is 276 g/mol. The van der Waals surface area contributed by atoms with Crippen LogP contribution < -0.4 is 5.73 Å². The zero-order valence-electron chi connectivity index (χ0n) is 11.0. The predicted octanol–water partition coefficient (Wildman–Crippen LogP) is 3.34. The average Bonchev–Trinajstić information content (AvgIpc) is 2.42. The third-order valence-electron chi connectivity index (χ3n) is 3.06. The maximum atomic E-state index is 5.99. The number of nitrogens with two attached hydrogens (primary N) is 1. The van der Waals surface area contributed by atoms with Gasteiger partial charge in [-0.05, 0) is 36.4 Å². The number of nitrogens with zero attached hydrogens (tertiary/aromatic N) is 2.